The molecule has 21 heavy (non-hydrogen) atoms. The summed E-state index contributed by atoms with van der Waals surface area (Å²) >= 11 is 0. The molecule has 0 unspecified atom stereocenters. The molecule has 2 aromatic rings. The van der Waals surface area contributed by atoms with Crippen molar-refractivity contribution in [3.8, 4) is 11.8 Å². The molecule has 106 valence electrons. The van der Waals surface area contributed by atoms with Crippen LogP contribution in [0, 0.1) is 23.5 Å². The number of nitrogens with one attached hydrogen (secondary N) is 1. The number of hydrogen-bond donors (Lipinski definition) is 2. The molecule has 1 amide bonds. The molecular formula is C16H11F2NO2. The molecule has 0 aromatic heterocycles. The van der Waals surface area contributed by atoms with Gasteiger partial charge in [-0.1, -0.05) is 30.0 Å². The fourth-order valence-electron chi connectivity index (χ4n) is 1.74. The first-order valence-electron chi connectivity index (χ1n) is 6.07. The molecule has 0 aliphatic heterocycles. The van der Waals surface area contributed by atoms with E-state index >= 15 is 0 Å². The highest BCUT2D eigenvalue weighted by molar-refractivity contribution is 6.05. The van der Waals surface area contributed by atoms with Gasteiger partial charge in [-0.15, -0.1) is 0 Å². The fraction of sp³-hybridized carbons (Fsp3) is 0.0625. The second-order valence-corrected chi connectivity index (χ2v) is 4.06. The molecule has 0 fully saturated rings. The van der Waals surface area contributed by atoms with Crippen molar-refractivity contribution in [2.75, 3.05) is 11.9 Å². The van der Waals surface area contributed by atoms with Crippen LogP contribution in [0.5, 0.6) is 0 Å². The fourth-order valence-corrected chi connectivity index (χ4v) is 1.74. The van der Waals surface area contributed by atoms with Gasteiger partial charge < -0.3 is 10.4 Å². The Morgan fingerprint density at radius 3 is 2.43 bits per heavy atom. The highest BCUT2D eigenvalue weighted by Gasteiger charge is 2.17. The minimum absolute atomic E-state index is 0.311. The van der Waals surface area contributed by atoms with Gasteiger partial charge in [0.25, 0.3) is 5.91 Å². The average molecular weight is 287 g/mol. The number of aliphatic hydroxyl groups excluding tert-OH is 1. The number of aliphatic hydroxyl groups is 1. The van der Waals surface area contributed by atoms with E-state index in [-0.39, 0.29) is 6.61 Å². The minimum atomic E-state index is -0.938. The Labute approximate surface area is 120 Å². The topological polar surface area (TPSA) is 49.3 Å². The molecule has 2 N–H and O–H groups in total. The number of carbonyl (C=O) groups excluding carboxylic acids is 1. The summed E-state index contributed by atoms with van der Waals surface area (Å²) in [6.07, 6.45) is 0. The molecule has 0 radical (unpaired) electrons. The van der Waals surface area contributed by atoms with Crippen LogP contribution in [0.25, 0.3) is 0 Å². The predicted octanol–water partition coefficient (Wildman–Crippen LogP) is 2.56. The van der Waals surface area contributed by atoms with Crippen LogP contribution >= 0.6 is 0 Å². The maximum atomic E-state index is 13.5. The normalized spacial score (nSPS) is 9.67. The van der Waals surface area contributed by atoms with E-state index in [0.717, 1.165) is 12.1 Å². The van der Waals surface area contributed by atoms with E-state index < -0.39 is 23.1 Å². The number of carbonyl (C=O) groups is 1. The van der Waals surface area contributed by atoms with Crippen LogP contribution < -0.4 is 5.32 Å². The minimum Gasteiger partial charge on any atom is -0.384 e. The van der Waals surface area contributed by atoms with Crippen LogP contribution in [-0.4, -0.2) is 17.6 Å². The molecule has 3 nitrogen and oxygen atoms in total. The second kappa shape index (κ2) is 6.64. The number of halogens is 2. The number of anilines is 1. The van der Waals surface area contributed by atoms with Gasteiger partial charge in [-0.3, -0.25) is 4.79 Å². The first-order valence-corrected chi connectivity index (χ1v) is 6.07. The Morgan fingerprint density at radius 1 is 1.10 bits per heavy atom. The predicted molar refractivity (Wildman–Crippen MR) is 74.7 cm³/mol. The zero-order chi connectivity index (χ0) is 15.2. The van der Waals surface area contributed by atoms with Crippen molar-refractivity contribution in [1.29, 1.82) is 0 Å². The second-order valence-electron chi connectivity index (χ2n) is 4.06. The van der Waals surface area contributed by atoms with Gasteiger partial charge in [0.2, 0.25) is 0 Å². The number of hydrogen-bond acceptors (Lipinski definition) is 2. The van der Waals surface area contributed by atoms with Gasteiger partial charge in [0.1, 0.15) is 23.8 Å². The average Bonchev–Trinajstić information content (AvgIpc) is 2.46. The van der Waals surface area contributed by atoms with Crippen LogP contribution in [0.1, 0.15) is 15.9 Å². The van der Waals surface area contributed by atoms with Gasteiger partial charge in [-0.2, -0.15) is 0 Å². The van der Waals surface area contributed by atoms with Gasteiger partial charge in [0.05, 0.1) is 5.69 Å². The van der Waals surface area contributed by atoms with Crippen molar-refractivity contribution in [2.45, 2.75) is 0 Å². The molecule has 0 heterocycles. The van der Waals surface area contributed by atoms with E-state index in [1.54, 1.807) is 24.3 Å². The van der Waals surface area contributed by atoms with Crippen LogP contribution in [0.15, 0.2) is 42.5 Å². The SMILES string of the molecule is O=C(Nc1ccccc1C#CCO)c1c(F)cccc1F. The highest BCUT2D eigenvalue weighted by atomic mass is 19.1. The lowest BCUT2D eigenvalue weighted by atomic mass is 10.1. The first-order chi connectivity index (χ1) is 10.1. The molecule has 2 aromatic carbocycles. The Kier molecular flexibility index (Phi) is 4.64. The molecular weight excluding hydrogens is 276 g/mol. The zero-order valence-electron chi connectivity index (χ0n) is 10.9. The standard InChI is InChI=1S/C16H11F2NO2/c17-12-7-3-8-13(18)15(12)16(21)19-14-9-2-1-5-11(14)6-4-10-20/h1-3,5,7-9,20H,10H2,(H,19,21). The number of para-hydroxylation sites is 1. The molecule has 0 bridgehead atoms. The molecule has 0 saturated carbocycles. The maximum absolute atomic E-state index is 13.5. The third-order valence-electron chi connectivity index (χ3n) is 2.67. The van der Waals surface area contributed by atoms with Gasteiger partial charge >= 0.3 is 0 Å². The van der Waals surface area contributed by atoms with E-state index in [2.05, 4.69) is 17.2 Å². The third kappa shape index (κ3) is 3.44. The first kappa shape index (κ1) is 14.7. The summed E-state index contributed by atoms with van der Waals surface area (Å²) in [5.74, 6) is 2.32. The zero-order valence-corrected chi connectivity index (χ0v) is 10.9. The summed E-state index contributed by atoms with van der Waals surface area (Å²) in [6.45, 7) is -0.329. The van der Waals surface area contributed by atoms with Gasteiger partial charge in [0.15, 0.2) is 0 Å². The summed E-state index contributed by atoms with van der Waals surface area (Å²) in [4.78, 5) is 12.0. The Morgan fingerprint density at radius 2 is 1.76 bits per heavy atom. The summed E-state index contributed by atoms with van der Waals surface area (Å²) in [6, 6.07) is 9.72. The van der Waals surface area contributed by atoms with Crippen molar-refractivity contribution < 1.29 is 18.7 Å². The van der Waals surface area contributed by atoms with E-state index in [4.69, 9.17) is 5.11 Å². The van der Waals surface area contributed by atoms with Crippen molar-refractivity contribution >= 4 is 11.6 Å². The quantitative estimate of drug-likeness (QED) is 0.834. The van der Waals surface area contributed by atoms with Crippen molar-refractivity contribution in [3.63, 3.8) is 0 Å². The van der Waals surface area contributed by atoms with E-state index in [0.29, 0.717) is 11.3 Å². The highest BCUT2D eigenvalue weighted by Crippen LogP contribution is 2.18. The number of benzene rings is 2. The maximum Gasteiger partial charge on any atom is 0.261 e. The van der Waals surface area contributed by atoms with E-state index in [1.165, 1.54) is 6.07 Å². The lowest BCUT2D eigenvalue weighted by molar-refractivity contribution is 0.101. The Balaban J connectivity index is 2.32. The van der Waals surface area contributed by atoms with Gasteiger partial charge in [-0.05, 0) is 24.3 Å². The van der Waals surface area contributed by atoms with Crippen LogP contribution in [0.2, 0.25) is 0 Å². The summed E-state index contributed by atoms with van der Waals surface area (Å²) in [5.41, 5.74) is 0.102. The van der Waals surface area contributed by atoms with Gasteiger partial charge in [0, 0.05) is 5.56 Å². The molecule has 5 heteroatoms. The number of amides is 1. The lowest BCUT2D eigenvalue weighted by Gasteiger charge is -2.08. The van der Waals surface area contributed by atoms with Crippen molar-refractivity contribution in [1.82, 2.24) is 0 Å². The largest absolute Gasteiger partial charge is 0.384 e. The van der Waals surface area contributed by atoms with Crippen LogP contribution in [0.3, 0.4) is 0 Å². The Bertz CT molecular complexity index is 712. The summed E-state index contributed by atoms with van der Waals surface area (Å²) < 4.78 is 27.1. The molecule has 0 saturated heterocycles. The van der Waals surface area contributed by atoms with Crippen LogP contribution in [0.4, 0.5) is 14.5 Å². The smallest absolute Gasteiger partial charge is 0.261 e. The van der Waals surface area contributed by atoms with Crippen molar-refractivity contribution in [3.05, 3.63) is 65.2 Å². The molecule has 0 spiro atoms. The molecule has 0 aliphatic rings. The molecule has 0 atom stereocenters. The van der Waals surface area contributed by atoms with Crippen LogP contribution in [-0.2, 0) is 0 Å². The van der Waals surface area contributed by atoms with E-state index in [1.807, 2.05) is 0 Å². The monoisotopic (exact) mass is 287 g/mol. The van der Waals surface area contributed by atoms with Gasteiger partial charge in [-0.25, -0.2) is 8.78 Å². The third-order valence-corrected chi connectivity index (χ3v) is 2.67. The van der Waals surface area contributed by atoms with E-state index in [9.17, 15) is 13.6 Å². The summed E-state index contributed by atoms with van der Waals surface area (Å²) in [7, 11) is 0. The Hall–Kier alpha value is -2.71. The molecule has 2 rings (SSSR count). The number of rotatable bonds is 2. The lowest BCUT2D eigenvalue weighted by Crippen LogP contribution is -2.16. The summed E-state index contributed by atoms with van der Waals surface area (Å²) in [5, 5.41) is 11.1. The molecule has 0 aliphatic carbocycles. The van der Waals surface area contributed by atoms with Crippen molar-refractivity contribution in [2.24, 2.45) is 0 Å².